The van der Waals surface area contributed by atoms with Crippen LogP contribution in [0.2, 0.25) is 0 Å². The number of carbonyl (C=O) groups excluding carboxylic acids is 1. The predicted octanol–water partition coefficient (Wildman–Crippen LogP) is 1.51. The van der Waals surface area contributed by atoms with Crippen molar-refractivity contribution in [3.8, 4) is 0 Å². The normalized spacial score (nSPS) is 12.6. The van der Waals surface area contributed by atoms with Crippen LogP contribution in [0.15, 0.2) is 34.7 Å². The topological polar surface area (TPSA) is 68.3 Å². The maximum absolute atomic E-state index is 11.7. The SMILES string of the molecule is C[C@@H](CN)NC(=O)c1cc2ccccc2o1. The lowest BCUT2D eigenvalue weighted by molar-refractivity contribution is 0.0915. The molecule has 1 aromatic heterocycles. The number of hydrogen-bond donors (Lipinski definition) is 2. The van der Waals surface area contributed by atoms with Gasteiger partial charge in [0.1, 0.15) is 5.58 Å². The molecule has 0 bridgehead atoms. The molecule has 4 heteroatoms. The van der Waals surface area contributed by atoms with Crippen LogP contribution in [0.1, 0.15) is 17.5 Å². The van der Waals surface area contributed by atoms with Crippen molar-refractivity contribution in [2.24, 2.45) is 5.73 Å². The van der Waals surface area contributed by atoms with E-state index in [4.69, 9.17) is 10.2 Å². The Balaban J connectivity index is 2.23. The Labute approximate surface area is 93.4 Å². The maximum Gasteiger partial charge on any atom is 0.287 e. The summed E-state index contributed by atoms with van der Waals surface area (Å²) in [4.78, 5) is 11.7. The van der Waals surface area contributed by atoms with E-state index in [0.717, 1.165) is 5.39 Å². The van der Waals surface area contributed by atoms with Crippen LogP contribution in [-0.4, -0.2) is 18.5 Å². The van der Waals surface area contributed by atoms with Gasteiger partial charge in [-0.2, -0.15) is 0 Å². The summed E-state index contributed by atoms with van der Waals surface area (Å²) in [5, 5.41) is 3.67. The summed E-state index contributed by atoms with van der Waals surface area (Å²) in [7, 11) is 0. The molecule has 0 unspecified atom stereocenters. The lowest BCUT2D eigenvalue weighted by Crippen LogP contribution is -2.37. The van der Waals surface area contributed by atoms with Gasteiger partial charge >= 0.3 is 0 Å². The molecule has 0 saturated heterocycles. The molecule has 0 aliphatic rings. The number of nitrogens with two attached hydrogens (primary N) is 1. The van der Waals surface area contributed by atoms with Crippen LogP contribution < -0.4 is 11.1 Å². The van der Waals surface area contributed by atoms with Crippen LogP contribution >= 0.6 is 0 Å². The number of carbonyl (C=O) groups is 1. The second-order valence-corrected chi connectivity index (χ2v) is 3.76. The number of nitrogens with one attached hydrogen (secondary N) is 1. The van der Waals surface area contributed by atoms with E-state index in [-0.39, 0.29) is 11.9 Å². The Kier molecular flexibility index (Phi) is 2.92. The molecular formula is C12H14N2O2. The van der Waals surface area contributed by atoms with Gasteiger partial charge in [0.25, 0.3) is 5.91 Å². The maximum atomic E-state index is 11.7. The molecule has 0 aliphatic heterocycles. The van der Waals surface area contributed by atoms with Crippen LogP contribution in [0.25, 0.3) is 11.0 Å². The molecule has 84 valence electrons. The number of fused-ring (bicyclic) bond motifs is 1. The molecule has 4 nitrogen and oxygen atoms in total. The van der Waals surface area contributed by atoms with E-state index in [1.54, 1.807) is 6.07 Å². The number of furan rings is 1. The highest BCUT2D eigenvalue weighted by Gasteiger charge is 2.13. The molecule has 0 spiro atoms. The molecular weight excluding hydrogens is 204 g/mol. The van der Waals surface area contributed by atoms with E-state index in [9.17, 15) is 4.79 Å². The van der Waals surface area contributed by atoms with Crippen molar-refractivity contribution in [3.05, 3.63) is 36.1 Å². The third-order valence-corrected chi connectivity index (χ3v) is 2.38. The Morgan fingerprint density at radius 1 is 1.50 bits per heavy atom. The minimum Gasteiger partial charge on any atom is -0.451 e. The predicted molar refractivity (Wildman–Crippen MR) is 62.2 cm³/mol. The van der Waals surface area contributed by atoms with E-state index in [0.29, 0.717) is 17.9 Å². The van der Waals surface area contributed by atoms with Crippen LogP contribution in [0.5, 0.6) is 0 Å². The monoisotopic (exact) mass is 218 g/mol. The van der Waals surface area contributed by atoms with Crippen molar-refractivity contribution in [3.63, 3.8) is 0 Å². The lowest BCUT2D eigenvalue weighted by atomic mass is 10.2. The second kappa shape index (κ2) is 4.37. The van der Waals surface area contributed by atoms with Crippen molar-refractivity contribution in [1.82, 2.24) is 5.32 Å². The van der Waals surface area contributed by atoms with Crippen molar-refractivity contribution in [2.75, 3.05) is 6.54 Å². The average molecular weight is 218 g/mol. The molecule has 0 radical (unpaired) electrons. The smallest absolute Gasteiger partial charge is 0.287 e. The highest BCUT2D eigenvalue weighted by Crippen LogP contribution is 2.18. The van der Waals surface area contributed by atoms with Crippen LogP contribution in [0.3, 0.4) is 0 Å². The minimum absolute atomic E-state index is 0.0549. The van der Waals surface area contributed by atoms with Gasteiger partial charge in [0, 0.05) is 18.0 Å². The second-order valence-electron chi connectivity index (χ2n) is 3.76. The van der Waals surface area contributed by atoms with Crippen LogP contribution in [0.4, 0.5) is 0 Å². The highest BCUT2D eigenvalue weighted by atomic mass is 16.3. The van der Waals surface area contributed by atoms with Gasteiger partial charge in [-0.05, 0) is 19.1 Å². The Morgan fingerprint density at radius 3 is 2.94 bits per heavy atom. The first kappa shape index (κ1) is 10.7. The standard InChI is InChI=1S/C12H14N2O2/c1-8(7-13)14-12(15)11-6-9-4-2-3-5-10(9)16-11/h2-6,8H,7,13H2,1H3,(H,14,15)/t8-/m0/s1. The van der Waals surface area contributed by atoms with E-state index >= 15 is 0 Å². The summed E-state index contributed by atoms with van der Waals surface area (Å²) in [5.74, 6) is 0.0932. The Morgan fingerprint density at radius 2 is 2.25 bits per heavy atom. The van der Waals surface area contributed by atoms with Crippen molar-refractivity contribution in [2.45, 2.75) is 13.0 Å². The van der Waals surface area contributed by atoms with Crippen molar-refractivity contribution < 1.29 is 9.21 Å². The molecule has 1 aromatic carbocycles. The summed E-state index contributed by atoms with van der Waals surface area (Å²) < 4.78 is 5.42. The first-order chi connectivity index (χ1) is 7.70. The fourth-order valence-corrected chi connectivity index (χ4v) is 1.45. The number of hydrogen-bond acceptors (Lipinski definition) is 3. The summed E-state index contributed by atoms with van der Waals surface area (Å²) in [5.41, 5.74) is 6.14. The van der Waals surface area contributed by atoms with E-state index in [1.165, 1.54) is 0 Å². The van der Waals surface area contributed by atoms with Gasteiger partial charge < -0.3 is 15.5 Å². The molecule has 1 amide bonds. The first-order valence-corrected chi connectivity index (χ1v) is 5.20. The van der Waals surface area contributed by atoms with E-state index in [2.05, 4.69) is 5.32 Å². The highest BCUT2D eigenvalue weighted by molar-refractivity contribution is 5.96. The van der Waals surface area contributed by atoms with Gasteiger partial charge in [-0.1, -0.05) is 18.2 Å². The first-order valence-electron chi connectivity index (χ1n) is 5.20. The summed E-state index contributed by atoms with van der Waals surface area (Å²) in [6.45, 7) is 2.26. The molecule has 16 heavy (non-hydrogen) atoms. The van der Waals surface area contributed by atoms with Gasteiger partial charge in [-0.25, -0.2) is 0 Å². The zero-order chi connectivity index (χ0) is 11.5. The fraction of sp³-hybridized carbons (Fsp3) is 0.250. The summed E-state index contributed by atoms with van der Waals surface area (Å²) in [6.07, 6.45) is 0. The molecule has 2 aromatic rings. The van der Waals surface area contributed by atoms with Gasteiger partial charge in [-0.15, -0.1) is 0 Å². The van der Waals surface area contributed by atoms with Gasteiger partial charge in [0.05, 0.1) is 0 Å². The number of rotatable bonds is 3. The van der Waals surface area contributed by atoms with Gasteiger partial charge in [0.15, 0.2) is 5.76 Å². The molecule has 0 fully saturated rings. The Hall–Kier alpha value is -1.81. The lowest BCUT2D eigenvalue weighted by Gasteiger charge is -2.08. The van der Waals surface area contributed by atoms with Gasteiger partial charge in [0.2, 0.25) is 0 Å². The zero-order valence-corrected chi connectivity index (χ0v) is 9.07. The molecule has 3 N–H and O–H groups in total. The van der Waals surface area contributed by atoms with Crippen molar-refractivity contribution in [1.29, 1.82) is 0 Å². The molecule has 0 aliphatic carbocycles. The number of amides is 1. The van der Waals surface area contributed by atoms with Crippen LogP contribution in [-0.2, 0) is 0 Å². The average Bonchev–Trinajstić information content (AvgIpc) is 2.72. The minimum atomic E-state index is -0.228. The number of benzene rings is 1. The largest absolute Gasteiger partial charge is 0.451 e. The third kappa shape index (κ3) is 2.06. The molecule has 1 atom stereocenters. The van der Waals surface area contributed by atoms with E-state index in [1.807, 2.05) is 31.2 Å². The quantitative estimate of drug-likeness (QED) is 0.820. The fourth-order valence-electron chi connectivity index (χ4n) is 1.45. The van der Waals surface area contributed by atoms with Gasteiger partial charge in [-0.3, -0.25) is 4.79 Å². The molecule has 2 rings (SSSR count). The molecule has 1 heterocycles. The van der Waals surface area contributed by atoms with Crippen LogP contribution in [0, 0.1) is 0 Å². The summed E-state index contributed by atoms with van der Waals surface area (Å²) in [6, 6.07) is 9.19. The van der Waals surface area contributed by atoms with Crippen molar-refractivity contribution >= 4 is 16.9 Å². The third-order valence-electron chi connectivity index (χ3n) is 2.38. The number of para-hydroxylation sites is 1. The zero-order valence-electron chi connectivity index (χ0n) is 9.07. The Bertz CT molecular complexity index is 471. The van der Waals surface area contributed by atoms with E-state index < -0.39 is 0 Å². The summed E-state index contributed by atoms with van der Waals surface area (Å²) >= 11 is 0. The molecule has 0 saturated carbocycles.